The molecule has 1 aromatic rings. The van der Waals surface area contributed by atoms with Crippen molar-refractivity contribution in [2.45, 2.75) is 49.8 Å². The lowest BCUT2D eigenvalue weighted by atomic mass is 9.85. The van der Waals surface area contributed by atoms with Crippen LogP contribution in [-0.2, 0) is 0 Å². The fourth-order valence-corrected chi connectivity index (χ4v) is 3.97. The summed E-state index contributed by atoms with van der Waals surface area (Å²) >= 11 is 16.0. The summed E-state index contributed by atoms with van der Waals surface area (Å²) in [5.74, 6) is 0.914. The lowest BCUT2D eigenvalue weighted by Gasteiger charge is -2.22. The quantitative estimate of drug-likeness (QED) is 0.525. The molecule has 0 bridgehead atoms. The first-order valence-electron chi connectivity index (χ1n) is 6.76. The average molecular weight is 350 g/mol. The van der Waals surface area contributed by atoms with E-state index in [1.807, 2.05) is 18.2 Å². The predicted molar refractivity (Wildman–Crippen MR) is 83.9 cm³/mol. The van der Waals surface area contributed by atoms with Gasteiger partial charge in [-0.05, 0) is 42.5 Å². The Morgan fingerprint density at radius 3 is 2.61 bits per heavy atom. The van der Waals surface area contributed by atoms with Crippen LogP contribution in [0.3, 0.4) is 0 Å². The Hall–Kier alpha value is 0.280. The molecule has 3 heteroatoms. The molecule has 0 nitrogen and oxygen atoms in total. The van der Waals surface area contributed by atoms with Gasteiger partial charge in [0.25, 0.3) is 0 Å². The molecule has 0 saturated heterocycles. The van der Waals surface area contributed by atoms with Crippen molar-refractivity contribution >= 4 is 39.1 Å². The monoisotopic (exact) mass is 348 g/mol. The molecule has 1 fully saturated rings. The van der Waals surface area contributed by atoms with E-state index in [2.05, 4.69) is 15.9 Å². The van der Waals surface area contributed by atoms with E-state index in [-0.39, 0.29) is 0 Å². The molecule has 1 saturated carbocycles. The van der Waals surface area contributed by atoms with Crippen LogP contribution >= 0.6 is 39.1 Å². The van der Waals surface area contributed by atoms with E-state index in [0.717, 1.165) is 27.9 Å². The molecule has 1 unspecified atom stereocenters. The molecule has 2 rings (SSSR count). The Balaban J connectivity index is 1.90. The van der Waals surface area contributed by atoms with Gasteiger partial charge in [0.05, 0.1) is 0 Å². The molecule has 0 amide bonds. The minimum absolute atomic E-state index is 0.325. The Morgan fingerprint density at radius 2 is 1.89 bits per heavy atom. The highest BCUT2D eigenvalue weighted by Crippen LogP contribution is 2.37. The van der Waals surface area contributed by atoms with Gasteiger partial charge in [0.15, 0.2) is 0 Å². The van der Waals surface area contributed by atoms with Crippen LogP contribution in [0.4, 0.5) is 0 Å². The van der Waals surface area contributed by atoms with Gasteiger partial charge in [0, 0.05) is 14.9 Å². The second-order valence-electron chi connectivity index (χ2n) is 5.21. The number of hydrogen-bond donors (Lipinski definition) is 0. The van der Waals surface area contributed by atoms with Crippen molar-refractivity contribution in [2.75, 3.05) is 0 Å². The molecule has 1 aliphatic carbocycles. The van der Waals surface area contributed by atoms with E-state index >= 15 is 0 Å². The third kappa shape index (κ3) is 4.15. The second-order valence-corrected chi connectivity index (χ2v) is 7.16. The fourth-order valence-electron chi connectivity index (χ4n) is 2.77. The van der Waals surface area contributed by atoms with Crippen molar-refractivity contribution in [2.24, 2.45) is 5.92 Å². The van der Waals surface area contributed by atoms with Crippen molar-refractivity contribution in [3.63, 3.8) is 0 Å². The second kappa shape index (κ2) is 7.17. The number of benzene rings is 1. The zero-order chi connectivity index (χ0) is 13.0. The van der Waals surface area contributed by atoms with Crippen LogP contribution in [0.15, 0.2) is 18.2 Å². The number of rotatable bonds is 4. The highest BCUT2D eigenvalue weighted by molar-refractivity contribution is 9.09. The summed E-state index contributed by atoms with van der Waals surface area (Å²) in [6.45, 7) is 0. The maximum absolute atomic E-state index is 6.22. The maximum atomic E-state index is 6.22. The van der Waals surface area contributed by atoms with Crippen molar-refractivity contribution < 1.29 is 0 Å². The van der Waals surface area contributed by atoms with Gasteiger partial charge in [-0.3, -0.25) is 0 Å². The molecule has 0 radical (unpaired) electrons. The SMILES string of the molecule is Clc1ccc(Cl)c(C(Br)CCC2CCCCC2)c1. The summed E-state index contributed by atoms with van der Waals surface area (Å²) in [7, 11) is 0. The molecule has 100 valence electrons. The van der Waals surface area contributed by atoms with Gasteiger partial charge < -0.3 is 0 Å². The third-order valence-corrected chi connectivity index (χ3v) is 5.38. The fraction of sp³-hybridized carbons (Fsp3) is 0.600. The van der Waals surface area contributed by atoms with E-state index in [1.54, 1.807) is 0 Å². The molecule has 0 spiro atoms. The normalized spacial score (nSPS) is 18.8. The molecule has 1 aliphatic rings. The third-order valence-electron chi connectivity index (χ3n) is 3.85. The van der Waals surface area contributed by atoms with Gasteiger partial charge in [-0.25, -0.2) is 0 Å². The summed E-state index contributed by atoms with van der Waals surface area (Å²) in [6, 6.07) is 5.70. The van der Waals surface area contributed by atoms with Crippen LogP contribution in [0.5, 0.6) is 0 Å². The Morgan fingerprint density at radius 1 is 1.17 bits per heavy atom. The largest absolute Gasteiger partial charge is 0.0843 e. The first-order chi connectivity index (χ1) is 8.66. The molecule has 0 aliphatic heterocycles. The van der Waals surface area contributed by atoms with Crippen LogP contribution in [0.25, 0.3) is 0 Å². The predicted octanol–water partition coefficient (Wildman–Crippen LogP) is 6.79. The number of halogens is 3. The van der Waals surface area contributed by atoms with Crippen LogP contribution in [0, 0.1) is 5.92 Å². The molecular weight excluding hydrogens is 331 g/mol. The van der Waals surface area contributed by atoms with E-state index < -0.39 is 0 Å². The van der Waals surface area contributed by atoms with Gasteiger partial charge in [-0.2, -0.15) is 0 Å². The summed E-state index contributed by atoms with van der Waals surface area (Å²) in [5.41, 5.74) is 1.12. The van der Waals surface area contributed by atoms with Crippen LogP contribution in [0.1, 0.15) is 55.3 Å². The lowest BCUT2D eigenvalue weighted by molar-refractivity contribution is 0.332. The van der Waals surface area contributed by atoms with Crippen molar-refractivity contribution in [3.8, 4) is 0 Å². The van der Waals surface area contributed by atoms with Crippen LogP contribution in [0.2, 0.25) is 10.0 Å². The Kier molecular flexibility index (Phi) is 5.85. The Bertz CT molecular complexity index is 386. The van der Waals surface area contributed by atoms with Crippen molar-refractivity contribution in [3.05, 3.63) is 33.8 Å². The smallest absolute Gasteiger partial charge is 0.0450 e. The summed E-state index contributed by atoms with van der Waals surface area (Å²) in [6.07, 6.45) is 9.49. The molecule has 0 N–H and O–H groups in total. The zero-order valence-electron chi connectivity index (χ0n) is 10.5. The molecule has 0 aromatic heterocycles. The van der Waals surface area contributed by atoms with E-state index in [1.165, 1.54) is 38.5 Å². The van der Waals surface area contributed by atoms with Gasteiger partial charge in [-0.15, -0.1) is 0 Å². The summed E-state index contributed by atoms with van der Waals surface area (Å²) < 4.78 is 0. The highest BCUT2D eigenvalue weighted by Gasteiger charge is 2.17. The van der Waals surface area contributed by atoms with Gasteiger partial charge >= 0.3 is 0 Å². The lowest BCUT2D eigenvalue weighted by Crippen LogP contribution is -2.07. The Labute approximate surface area is 128 Å². The van der Waals surface area contributed by atoms with Crippen LogP contribution in [-0.4, -0.2) is 0 Å². The van der Waals surface area contributed by atoms with Crippen LogP contribution < -0.4 is 0 Å². The molecule has 0 heterocycles. The minimum atomic E-state index is 0.325. The molecular formula is C15H19BrCl2. The van der Waals surface area contributed by atoms with Gasteiger partial charge in [-0.1, -0.05) is 71.2 Å². The van der Waals surface area contributed by atoms with E-state index in [0.29, 0.717) is 4.83 Å². The highest BCUT2D eigenvalue weighted by atomic mass is 79.9. The molecule has 1 atom stereocenters. The first kappa shape index (κ1) is 14.7. The number of alkyl halides is 1. The minimum Gasteiger partial charge on any atom is -0.0843 e. The summed E-state index contributed by atoms with van der Waals surface area (Å²) in [5, 5.41) is 1.57. The van der Waals surface area contributed by atoms with Gasteiger partial charge in [0.1, 0.15) is 0 Å². The van der Waals surface area contributed by atoms with E-state index in [9.17, 15) is 0 Å². The molecule has 1 aromatic carbocycles. The average Bonchev–Trinajstić information content (AvgIpc) is 2.40. The maximum Gasteiger partial charge on any atom is 0.0450 e. The first-order valence-corrected chi connectivity index (χ1v) is 8.43. The summed E-state index contributed by atoms with van der Waals surface area (Å²) in [4.78, 5) is 0.325. The molecule has 18 heavy (non-hydrogen) atoms. The zero-order valence-corrected chi connectivity index (χ0v) is 13.6. The van der Waals surface area contributed by atoms with E-state index in [4.69, 9.17) is 23.2 Å². The number of hydrogen-bond acceptors (Lipinski definition) is 0. The topological polar surface area (TPSA) is 0 Å². The van der Waals surface area contributed by atoms with Gasteiger partial charge in [0.2, 0.25) is 0 Å². The van der Waals surface area contributed by atoms with Crippen molar-refractivity contribution in [1.29, 1.82) is 0 Å². The van der Waals surface area contributed by atoms with Crippen molar-refractivity contribution in [1.82, 2.24) is 0 Å². The standard InChI is InChI=1S/C15H19BrCl2/c16-14(8-6-11-4-2-1-3-5-11)13-10-12(17)7-9-15(13)18/h7,9-11,14H,1-6,8H2.